The van der Waals surface area contributed by atoms with Gasteiger partial charge >= 0.3 is 12.1 Å². The minimum atomic E-state index is -4.42. The number of halogens is 3. The lowest BCUT2D eigenvalue weighted by atomic mass is 9.97. The van der Waals surface area contributed by atoms with Crippen LogP contribution in [0.5, 0.6) is 0 Å². The van der Waals surface area contributed by atoms with Crippen molar-refractivity contribution in [2.75, 3.05) is 18.1 Å². The smallest absolute Gasteiger partial charge is 0.416 e. The number of aromatic nitrogens is 3. The third-order valence-electron chi connectivity index (χ3n) is 5.29. The standard InChI is InChI=1S/C22H21F3N4O3/c1-4-31-21(30)18-13(3)20(27-19(26-18)17-9-12(2)32-28-17)29-8-7-14-5-6-16(22(23,24)25)10-15(14)11-29/h5-6,9-10H,4,7-8,11H2,1-3H3. The summed E-state index contributed by atoms with van der Waals surface area (Å²) in [5.74, 6) is 0.573. The molecule has 2 aromatic heterocycles. The Hall–Kier alpha value is -3.43. The van der Waals surface area contributed by atoms with Gasteiger partial charge in [0.25, 0.3) is 0 Å². The monoisotopic (exact) mass is 446 g/mol. The number of benzene rings is 1. The van der Waals surface area contributed by atoms with Gasteiger partial charge in [0.15, 0.2) is 17.2 Å². The highest BCUT2D eigenvalue weighted by atomic mass is 19.4. The van der Waals surface area contributed by atoms with E-state index in [1.807, 2.05) is 4.90 Å². The molecule has 7 nitrogen and oxygen atoms in total. The van der Waals surface area contributed by atoms with Crippen molar-refractivity contribution >= 4 is 11.8 Å². The van der Waals surface area contributed by atoms with Crippen LogP contribution in [0.25, 0.3) is 11.5 Å². The molecule has 0 atom stereocenters. The SMILES string of the molecule is CCOC(=O)c1nc(-c2cc(C)on2)nc(N2CCc3ccc(C(F)(F)F)cc3C2)c1C. The average Bonchev–Trinajstić information content (AvgIpc) is 3.19. The average molecular weight is 446 g/mol. The minimum Gasteiger partial charge on any atom is -0.461 e. The third-order valence-corrected chi connectivity index (χ3v) is 5.29. The molecule has 10 heteroatoms. The van der Waals surface area contributed by atoms with Crippen LogP contribution in [-0.4, -0.2) is 34.2 Å². The molecule has 32 heavy (non-hydrogen) atoms. The van der Waals surface area contributed by atoms with E-state index in [4.69, 9.17) is 9.26 Å². The predicted octanol–water partition coefficient (Wildman–Crippen LogP) is 4.51. The highest BCUT2D eigenvalue weighted by Gasteiger charge is 2.32. The first-order valence-electron chi connectivity index (χ1n) is 10.1. The first-order valence-corrected chi connectivity index (χ1v) is 10.1. The summed E-state index contributed by atoms with van der Waals surface area (Å²) in [4.78, 5) is 23.3. The van der Waals surface area contributed by atoms with E-state index in [2.05, 4.69) is 15.1 Å². The zero-order valence-corrected chi connectivity index (χ0v) is 17.8. The molecule has 0 spiro atoms. The summed E-state index contributed by atoms with van der Waals surface area (Å²) in [6, 6.07) is 5.45. The second-order valence-corrected chi connectivity index (χ2v) is 7.54. The van der Waals surface area contributed by atoms with Gasteiger partial charge in [-0.25, -0.2) is 14.8 Å². The molecule has 0 saturated carbocycles. The van der Waals surface area contributed by atoms with Crippen LogP contribution < -0.4 is 4.90 Å². The number of fused-ring (bicyclic) bond motifs is 1. The maximum atomic E-state index is 13.2. The van der Waals surface area contributed by atoms with E-state index in [9.17, 15) is 18.0 Å². The van der Waals surface area contributed by atoms with E-state index in [-0.39, 0.29) is 24.7 Å². The number of nitrogens with zero attached hydrogens (tertiary/aromatic N) is 4. The van der Waals surface area contributed by atoms with Crippen molar-refractivity contribution in [1.29, 1.82) is 0 Å². The van der Waals surface area contributed by atoms with Crippen LogP contribution in [0.4, 0.5) is 19.0 Å². The Morgan fingerprint density at radius 3 is 2.62 bits per heavy atom. The van der Waals surface area contributed by atoms with Crippen LogP contribution in [-0.2, 0) is 23.9 Å². The van der Waals surface area contributed by atoms with Gasteiger partial charge in [-0.1, -0.05) is 11.2 Å². The molecule has 3 heterocycles. The van der Waals surface area contributed by atoms with Crippen molar-refractivity contribution in [1.82, 2.24) is 15.1 Å². The summed E-state index contributed by atoms with van der Waals surface area (Å²) in [6.45, 7) is 6.02. The van der Waals surface area contributed by atoms with Gasteiger partial charge in [0.05, 0.1) is 12.2 Å². The van der Waals surface area contributed by atoms with Crippen LogP contribution in [0.2, 0.25) is 0 Å². The molecule has 0 saturated heterocycles. The fourth-order valence-electron chi connectivity index (χ4n) is 3.71. The number of ether oxygens (including phenoxy) is 1. The van der Waals surface area contributed by atoms with Crippen LogP contribution in [0.3, 0.4) is 0 Å². The maximum Gasteiger partial charge on any atom is 0.416 e. The number of hydrogen-bond acceptors (Lipinski definition) is 7. The first kappa shape index (κ1) is 21.8. The van der Waals surface area contributed by atoms with Crippen LogP contribution in [0.1, 0.15) is 45.4 Å². The summed E-state index contributed by atoms with van der Waals surface area (Å²) in [7, 11) is 0. The van der Waals surface area contributed by atoms with E-state index < -0.39 is 17.7 Å². The van der Waals surface area contributed by atoms with E-state index in [1.165, 1.54) is 12.1 Å². The highest BCUT2D eigenvalue weighted by molar-refractivity contribution is 5.91. The fourth-order valence-corrected chi connectivity index (χ4v) is 3.71. The molecule has 3 aromatic rings. The number of hydrogen-bond donors (Lipinski definition) is 0. The van der Waals surface area contributed by atoms with Gasteiger partial charge in [0.2, 0.25) is 0 Å². The molecule has 1 aliphatic heterocycles. The summed E-state index contributed by atoms with van der Waals surface area (Å²) >= 11 is 0. The number of alkyl halides is 3. The maximum absolute atomic E-state index is 13.2. The number of carbonyl (C=O) groups excluding carboxylic acids is 1. The molecule has 0 N–H and O–H groups in total. The molecule has 168 valence electrons. The van der Waals surface area contributed by atoms with Gasteiger partial charge in [-0.05, 0) is 50.5 Å². The molecule has 0 amide bonds. The third kappa shape index (κ3) is 4.17. The summed E-state index contributed by atoms with van der Waals surface area (Å²) in [6.07, 6.45) is -3.87. The lowest BCUT2D eigenvalue weighted by Gasteiger charge is -2.31. The van der Waals surface area contributed by atoms with Gasteiger partial charge in [-0.15, -0.1) is 0 Å². The quantitative estimate of drug-likeness (QED) is 0.546. The van der Waals surface area contributed by atoms with Crippen molar-refractivity contribution in [3.8, 4) is 11.5 Å². The normalized spacial score (nSPS) is 13.8. The van der Waals surface area contributed by atoms with Gasteiger partial charge < -0.3 is 14.2 Å². The summed E-state index contributed by atoms with van der Waals surface area (Å²) in [5, 5.41) is 3.93. The predicted molar refractivity (Wildman–Crippen MR) is 109 cm³/mol. The summed E-state index contributed by atoms with van der Waals surface area (Å²) < 4.78 is 49.8. The van der Waals surface area contributed by atoms with Crippen molar-refractivity contribution in [3.63, 3.8) is 0 Å². The molecule has 1 aliphatic rings. The van der Waals surface area contributed by atoms with E-state index >= 15 is 0 Å². The Kier molecular flexibility index (Phi) is 5.62. The number of esters is 1. The van der Waals surface area contributed by atoms with Crippen LogP contribution in [0.15, 0.2) is 28.8 Å². The molecule has 0 bridgehead atoms. The molecule has 4 rings (SSSR count). The highest BCUT2D eigenvalue weighted by Crippen LogP contribution is 2.34. The Labute approximate surface area is 182 Å². The second kappa shape index (κ2) is 8.25. The minimum absolute atomic E-state index is 0.0855. The Balaban J connectivity index is 1.77. The largest absolute Gasteiger partial charge is 0.461 e. The Bertz CT molecular complexity index is 1170. The fraction of sp³-hybridized carbons (Fsp3) is 0.364. The van der Waals surface area contributed by atoms with Crippen molar-refractivity contribution in [2.24, 2.45) is 0 Å². The Morgan fingerprint density at radius 2 is 1.97 bits per heavy atom. The van der Waals surface area contributed by atoms with Gasteiger partial charge in [0, 0.05) is 24.7 Å². The molecule has 0 aliphatic carbocycles. The number of aryl methyl sites for hydroxylation is 1. The van der Waals surface area contributed by atoms with Gasteiger partial charge in [0.1, 0.15) is 11.6 Å². The van der Waals surface area contributed by atoms with Crippen LogP contribution >= 0.6 is 0 Å². The molecule has 0 unspecified atom stereocenters. The van der Waals surface area contributed by atoms with Gasteiger partial charge in [-0.2, -0.15) is 13.2 Å². The van der Waals surface area contributed by atoms with Crippen molar-refractivity contribution in [2.45, 2.75) is 39.9 Å². The lowest BCUT2D eigenvalue weighted by Crippen LogP contribution is -2.32. The van der Waals surface area contributed by atoms with E-state index in [1.54, 1.807) is 26.8 Å². The molecule has 0 fully saturated rings. The topological polar surface area (TPSA) is 81.3 Å². The van der Waals surface area contributed by atoms with Crippen LogP contribution in [0, 0.1) is 13.8 Å². The zero-order chi connectivity index (χ0) is 23.0. The van der Waals surface area contributed by atoms with E-state index in [0.29, 0.717) is 41.4 Å². The number of carbonyl (C=O) groups is 1. The molecular weight excluding hydrogens is 425 g/mol. The lowest BCUT2D eigenvalue weighted by molar-refractivity contribution is -0.137. The summed E-state index contributed by atoms with van der Waals surface area (Å²) in [5.41, 5.74) is 1.67. The first-order chi connectivity index (χ1) is 15.2. The van der Waals surface area contributed by atoms with Crippen molar-refractivity contribution < 1.29 is 27.2 Å². The van der Waals surface area contributed by atoms with Crippen molar-refractivity contribution in [3.05, 3.63) is 58.0 Å². The molecule has 1 aromatic carbocycles. The molecule has 0 radical (unpaired) electrons. The number of anilines is 1. The molecular formula is C22H21F3N4O3. The van der Waals surface area contributed by atoms with E-state index in [0.717, 1.165) is 11.6 Å². The Morgan fingerprint density at radius 1 is 1.19 bits per heavy atom. The van der Waals surface area contributed by atoms with Gasteiger partial charge in [-0.3, -0.25) is 0 Å². The zero-order valence-electron chi connectivity index (χ0n) is 17.8. The number of rotatable bonds is 4. The second-order valence-electron chi connectivity index (χ2n) is 7.54.